The van der Waals surface area contributed by atoms with Crippen molar-refractivity contribution in [2.75, 3.05) is 0 Å². The normalized spacial score (nSPS) is 11.2. The van der Waals surface area contributed by atoms with Gasteiger partial charge < -0.3 is 4.98 Å². The van der Waals surface area contributed by atoms with Gasteiger partial charge in [-0.05, 0) is 49.5 Å². The molecule has 17 heavy (non-hydrogen) atoms. The lowest BCUT2D eigenvalue weighted by Crippen LogP contribution is -1.91. The number of nitrogens with one attached hydrogen (secondary N) is 1. The Morgan fingerprint density at radius 3 is 2.94 bits per heavy atom. The van der Waals surface area contributed by atoms with Gasteiger partial charge in [0.15, 0.2) is 0 Å². The van der Waals surface area contributed by atoms with E-state index in [-0.39, 0.29) is 0 Å². The summed E-state index contributed by atoms with van der Waals surface area (Å²) in [5.74, 6) is 0.922. The molecule has 0 bridgehead atoms. The predicted octanol–water partition coefficient (Wildman–Crippen LogP) is 3.67. The lowest BCUT2D eigenvalue weighted by atomic mass is 10.00. The highest BCUT2D eigenvalue weighted by Gasteiger charge is 1.98. The van der Waals surface area contributed by atoms with Crippen LogP contribution in [0.25, 0.3) is 6.08 Å². The number of H-pyrrole nitrogens is 1. The molecule has 1 aromatic heterocycles. The minimum Gasteiger partial charge on any atom is -0.345 e. The van der Waals surface area contributed by atoms with E-state index in [9.17, 15) is 0 Å². The fourth-order valence-electron chi connectivity index (χ4n) is 1.89. The van der Waals surface area contributed by atoms with Crippen LogP contribution in [0.1, 0.15) is 28.9 Å². The van der Waals surface area contributed by atoms with E-state index in [4.69, 9.17) is 0 Å². The molecule has 88 valence electrons. The van der Waals surface area contributed by atoms with Gasteiger partial charge >= 0.3 is 0 Å². The molecule has 0 saturated carbocycles. The van der Waals surface area contributed by atoms with Gasteiger partial charge in [-0.1, -0.05) is 24.3 Å². The molecule has 2 heteroatoms. The molecule has 0 unspecified atom stereocenters. The fraction of sp³-hybridized carbons (Fsp3) is 0.267. The van der Waals surface area contributed by atoms with Gasteiger partial charge in [0.2, 0.25) is 0 Å². The number of nitrogens with zero attached hydrogens (tertiary/aromatic N) is 1. The Hall–Kier alpha value is -1.83. The number of aryl methyl sites for hydroxylation is 2. The van der Waals surface area contributed by atoms with Gasteiger partial charge in [0.05, 0.1) is 0 Å². The Morgan fingerprint density at radius 2 is 2.18 bits per heavy atom. The summed E-state index contributed by atoms with van der Waals surface area (Å²) < 4.78 is 0. The molecule has 1 heterocycles. The molecule has 0 spiro atoms. The average Bonchev–Trinajstić information content (AvgIpc) is 2.83. The van der Waals surface area contributed by atoms with Gasteiger partial charge in [0, 0.05) is 12.4 Å². The molecule has 0 saturated heterocycles. The Morgan fingerprint density at radius 1 is 1.29 bits per heavy atom. The SMILES string of the molecule is Cc1cccc(CCC=Cc2ncc[nH]2)c1C. The van der Waals surface area contributed by atoms with Gasteiger partial charge in [-0.2, -0.15) is 0 Å². The highest BCUT2D eigenvalue weighted by Crippen LogP contribution is 2.14. The minimum atomic E-state index is 0.922. The van der Waals surface area contributed by atoms with Crippen molar-refractivity contribution in [3.63, 3.8) is 0 Å². The summed E-state index contributed by atoms with van der Waals surface area (Å²) in [5.41, 5.74) is 4.23. The van der Waals surface area contributed by atoms with Crippen LogP contribution in [0.15, 0.2) is 36.7 Å². The molecule has 0 aliphatic rings. The molecule has 0 radical (unpaired) electrons. The summed E-state index contributed by atoms with van der Waals surface area (Å²) in [4.78, 5) is 7.21. The Bertz CT molecular complexity index is 496. The lowest BCUT2D eigenvalue weighted by molar-refractivity contribution is 0.984. The Labute approximate surface area is 102 Å². The van der Waals surface area contributed by atoms with Crippen LogP contribution in [-0.4, -0.2) is 9.97 Å². The van der Waals surface area contributed by atoms with Crippen molar-refractivity contribution in [1.82, 2.24) is 9.97 Å². The van der Waals surface area contributed by atoms with Gasteiger partial charge in [0.1, 0.15) is 5.82 Å². The number of benzene rings is 1. The third kappa shape index (κ3) is 3.06. The molecule has 0 fully saturated rings. The largest absolute Gasteiger partial charge is 0.345 e. The van der Waals surface area contributed by atoms with Gasteiger partial charge in [-0.3, -0.25) is 0 Å². The number of aromatic nitrogens is 2. The molecular formula is C15H18N2. The molecule has 0 amide bonds. The van der Waals surface area contributed by atoms with E-state index < -0.39 is 0 Å². The number of rotatable bonds is 4. The van der Waals surface area contributed by atoms with Crippen molar-refractivity contribution < 1.29 is 0 Å². The zero-order chi connectivity index (χ0) is 12.1. The summed E-state index contributed by atoms with van der Waals surface area (Å²) in [6.07, 6.45) is 9.94. The van der Waals surface area contributed by atoms with Crippen LogP contribution in [-0.2, 0) is 6.42 Å². The zero-order valence-corrected chi connectivity index (χ0v) is 10.4. The van der Waals surface area contributed by atoms with Crippen LogP contribution in [0.3, 0.4) is 0 Å². The average molecular weight is 226 g/mol. The first kappa shape index (κ1) is 11.6. The molecule has 0 aliphatic heterocycles. The molecule has 2 rings (SSSR count). The van der Waals surface area contributed by atoms with Crippen LogP contribution in [0.4, 0.5) is 0 Å². The van der Waals surface area contributed by atoms with E-state index in [2.05, 4.69) is 48.1 Å². The number of imidazole rings is 1. The minimum absolute atomic E-state index is 0.922. The number of aromatic amines is 1. The van der Waals surface area contributed by atoms with Gasteiger partial charge in [0.25, 0.3) is 0 Å². The van der Waals surface area contributed by atoms with Crippen LogP contribution >= 0.6 is 0 Å². The van der Waals surface area contributed by atoms with E-state index in [1.807, 2.05) is 12.3 Å². The smallest absolute Gasteiger partial charge is 0.129 e. The topological polar surface area (TPSA) is 28.7 Å². The van der Waals surface area contributed by atoms with Crippen molar-refractivity contribution >= 4 is 6.08 Å². The van der Waals surface area contributed by atoms with Crippen LogP contribution < -0.4 is 0 Å². The molecule has 1 N–H and O–H groups in total. The first-order chi connectivity index (χ1) is 8.27. The van der Waals surface area contributed by atoms with E-state index in [0.29, 0.717) is 0 Å². The van der Waals surface area contributed by atoms with Crippen molar-refractivity contribution in [2.45, 2.75) is 26.7 Å². The second-order valence-corrected chi connectivity index (χ2v) is 4.27. The third-order valence-corrected chi connectivity index (χ3v) is 3.09. The maximum Gasteiger partial charge on any atom is 0.129 e. The highest BCUT2D eigenvalue weighted by atomic mass is 14.9. The van der Waals surface area contributed by atoms with Gasteiger partial charge in [-0.15, -0.1) is 0 Å². The molecule has 2 aromatic rings. The molecular weight excluding hydrogens is 208 g/mol. The maximum atomic E-state index is 4.15. The fourth-order valence-corrected chi connectivity index (χ4v) is 1.89. The third-order valence-electron chi connectivity index (χ3n) is 3.09. The summed E-state index contributed by atoms with van der Waals surface area (Å²) >= 11 is 0. The van der Waals surface area contributed by atoms with E-state index >= 15 is 0 Å². The molecule has 0 atom stereocenters. The van der Waals surface area contributed by atoms with Gasteiger partial charge in [-0.25, -0.2) is 4.98 Å². The predicted molar refractivity (Wildman–Crippen MR) is 71.9 cm³/mol. The second kappa shape index (κ2) is 5.48. The van der Waals surface area contributed by atoms with Crippen molar-refractivity contribution in [3.05, 3.63) is 59.2 Å². The molecule has 0 aliphatic carbocycles. The monoisotopic (exact) mass is 226 g/mol. The van der Waals surface area contributed by atoms with Crippen LogP contribution in [0, 0.1) is 13.8 Å². The van der Waals surface area contributed by atoms with Crippen molar-refractivity contribution in [3.8, 4) is 0 Å². The number of hydrogen-bond donors (Lipinski definition) is 1. The quantitative estimate of drug-likeness (QED) is 0.846. The van der Waals surface area contributed by atoms with E-state index in [1.54, 1.807) is 6.20 Å². The van der Waals surface area contributed by atoms with Crippen LogP contribution in [0.5, 0.6) is 0 Å². The summed E-state index contributed by atoms with van der Waals surface area (Å²) in [5, 5.41) is 0. The van der Waals surface area contributed by atoms with Crippen molar-refractivity contribution in [2.24, 2.45) is 0 Å². The molecule has 2 nitrogen and oxygen atoms in total. The first-order valence-electron chi connectivity index (χ1n) is 5.98. The second-order valence-electron chi connectivity index (χ2n) is 4.27. The maximum absolute atomic E-state index is 4.15. The van der Waals surface area contributed by atoms with E-state index in [1.165, 1.54) is 16.7 Å². The van der Waals surface area contributed by atoms with Crippen molar-refractivity contribution in [1.29, 1.82) is 0 Å². The zero-order valence-electron chi connectivity index (χ0n) is 10.4. The molecule has 1 aromatic carbocycles. The summed E-state index contributed by atoms with van der Waals surface area (Å²) in [6.45, 7) is 4.36. The first-order valence-corrected chi connectivity index (χ1v) is 5.98. The Balaban J connectivity index is 1.92. The Kier molecular flexibility index (Phi) is 3.76. The number of allylic oxidation sites excluding steroid dienone is 1. The highest BCUT2D eigenvalue weighted by molar-refractivity contribution is 5.39. The van der Waals surface area contributed by atoms with E-state index in [0.717, 1.165) is 18.7 Å². The van der Waals surface area contributed by atoms with Crippen LogP contribution in [0.2, 0.25) is 0 Å². The summed E-state index contributed by atoms with van der Waals surface area (Å²) in [7, 11) is 0. The number of hydrogen-bond acceptors (Lipinski definition) is 1. The lowest BCUT2D eigenvalue weighted by Gasteiger charge is -2.06. The summed E-state index contributed by atoms with van der Waals surface area (Å²) in [6, 6.07) is 6.51. The standard InChI is InChI=1S/C15H18N2/c1-12-6-5-8-14(13(12)2)7-3-4-9-15-16-10-11-17-15/h4-6,8-11H,3,7H2,1-2H3,(H,16,17).